The Morgan fingerprint density at radius 2 is 2.17 bits per heavy atom. The highest BCUT2D eigenvalue weighted by molar-refractivity contribution is 6.30. The molecule has 0 aromatic carbocycles. The molecular weight excluding hydrogens is 188 g/mol. The largest absolute Gasteiger partial charge is 0.363 e. The summed E-state index contributed by atoms with van der Waals surface area (Å²) in [7, 11) is 0. The highest BCUT2D eigenvalue weighted by atomic mass is 35.5. The average molecular weight is 194 g/mol. The minimum Gasteiger partial charge on any atom is -0.363 e. The van der Waals surface area contributed by atoms with Gasteiger partial charge in [0.2, 0.25) is 5.43 Å². The number of aromatic nitrogens is 1. The van der Waals surface area contributed by atoms with E-state index in [0.717, 1.165) is 0 Å². The molecule has 0 saturated carbocycles. The van der Waals surface area contributed by atoms with E-state index < -0.39 is 17.4 Å². The maximum atomic E-state index is 12.2. The van der Waals surface area contributed by atoms with Gasteiger partial charge in [0.15, 0.2) is 0 Å². The third kappa shape index (κ3) is 1.48. The van der Waals surface area contributed by atoms with E-state index in [0.29, 0.717) is 0 Å². The number of rotatable bonds is 1. The van der Waals surface area contributed by atoms with Gasteiger partial charge >= 0.3 is 0 Å². The van der Waals surface area contributed by atoms with Crippen molar-refractivity contribution >= 4 is 11.6 Å². The smallest absolute Gasteiger partial charge is 0.269 e. The van der Waals surface area contributed by atoms with Gasteiger partial charge in [-0.2, -0.15) is 0 Å². The van der Waals surface area contributed by atoms with Crippen LogP contribution in [-0.4, -0.2) is 4.98 Å². The van der Waals surface area contributed by atoms with Crippen molar-refractivity contribution in [3.63, 3.8) is 0 Å². The SMILES string of the molecule is Cc1[nH]cc(Cl)c(=O)c1C(F)F. The van der Waals surface area contributed by atoms with Crippen LogP contribution in [-0.2, 0) is 0 Å². The summed E-state index contributed by atoms with van der Waals surface area (Å²) in [6, 6.07) is 0. The maximum absolute atomic E-state index is 12.2. The lowest BCUT2D eigenvalue weighted by atomic mass is 10.2. The number of aromatic amines is 1. The van der Waals surface area contributed by atoms with Gasteiger partial charge in [-0.25, -0.2) is 8.78 Å². The Morgan fingerprint density at radius 1 is 1.58 bits per heavy atom. The van der Waals surface area contributed by atoms with E-state index in [-0.39, 0.29) is 10.7 Å². The van der Waals surface area contributed by atoms with Crippen LogP contribution in [0.25, 0.3) is 0 Å². The first-order chi connectivity index (χ1) is 5.54. The second kappa shape index (κ2) is 3.23. The van der Waals surface area contributed by atoms with Crippen molar-refractivity contribution < 1.29 is 8.78 Å². The molecule has 0 aliphatic carbocycles. The summed E-state index contributed by atoms with van der Waals surface area (Å²) in [5.41, 5.74) is -1.20. The lowest BCUT2D eigenvalue weighted by Gasteiger charge is -2.02. The third-order valence-corrected chi connectivity index (χ3v) is 1.78. The monoisotopic (exact) mass is 193 g/mol. The van der Waals surface area contributed by atoms with E-state index in [4.69, 9.17) is 11.6 Å². The fourth-order valence-corrected chi connectivity index (χ4v) is 1.03. The van der Waals surface area contributed by atoms with Crippen LogP contribution < -0.4 is 5.43 Å². The molecule has 1 heterocycles. The van der Waals surface area contributed by atoms with Crippen LogP contribution in [0, 0.1) is 6.92 Å². The van der Waals surface area contributed by atoms with E-state index in [1.165, 1.54) is 13.1 Å². The summed E-state index contributed by atoms with van der Waals surface area (Å²) in [6.45, 7) is 1.40. The molecule has 0 amide bonds. The number of pyridine rings is 1. The van der Waals surface area contributed by atoms with E-state index in [1.54, 1.807) is 0 Å². The summed E-state index contributed by atoms with van der Waals surface area (Å²) in [6.07, 6.45) is -1.59. The van der Waals surface area contributed by atoms with Crippen molar-refractivity contribution in [3.05, 3.63) is 32.7 Å². The molecule has 1 aromatic rings. The summed E-state index contributed by atoms with van der Waals surface area (Å²) in [5.74, 6) is 0. The lowest BCUT2D eigenvalue weighted by molar-refractivity contribution is 0.149. The number of hydrogen-bond acceptors (Lipinski definition) is 1. The quantitative estimate of drug-likeness (QED) is 0.729. The Hall–Kier alpha value is -0.900. The highest BCUT2D eigenvalue weighted by Crippen LogP contribution is 2.18. The van der Waals surface area contributed by atoms with E-state index in [9.17, 15) is 13.6 Å². The van der Waals surface area contributed by atoms with Crippen molar-refractivity contribution in [2.75, 3.05) is 0 Å². The maximum Gasteiger partial charge on any atom is 0.269 e. The van der Waals surface area contributed by atoms with Gasteiger partial charge in [0.1, 0.15) is 5.02 Å². The minimum atomic E-state index is -2.78. The van der Waals surface area contributed by atoms with E-state index >= 15 is 0 Å². The molecule has 0 atom stereocenters. The van der Waals surface area contributed by atoms with Crippen LogP contribution in [0.3, 0.4) is 0 Å². The van der Waals surface area contributed by atoms with Crippen molar-refractivity contribution in [3.8, 4) is 0 Å². The topological polar surface area (TPSA) is 32.9 Å². The van der Waals surface area contributed by atoms with Crippen LogP contribution in [0.1, 0.15) is 17.7 Å². The van der Waals surface area contributed by atoms with Gasteiger partial charge in [-0.05, 0) is 6.92 Å². The van der Waals surface area contributed by atoms with Gasteiger partial charge in [0, 0.05) is 11.9 Å². The van der Waals surface area contributed by atoms with Crippen molar-refractivity contribution in [1.82, 2.24) is 4.98 Å². The zero-order valence-corrected chi connectivity index (χ0v) is 6.95. The Balaban J connectivity index is 3.44. The number of aryl methyl sites for hydroxylation is 1. The Morgan fingerprint density at radius 3 is 2.58 bits per heavy atom. The molecule has 0 radical (unpaired) electrons. The second-order valence-corrected chi connectivity index (χ2v) is 2.71. The normalized spacial score (nSPS) is 10.8. The van der Waals surface area contributed by atoms with Crippen LogP contribution >= 0.6 is 11.6 Å². The predicted molar refractivity (Wildman–Crippen MR) is 41.8 cm³/mol. The first-order valence-corrected chi connectivity index (χ1v) is 3.57. The number of H-pyrrole nitrogens is 1. The zero-order chi connectivity index (χ0) is 9.30. The van der Waals surface area contributed by atoms with E-state index in [1.807, 2.05) is 0 Å². The summed E-state index contributed by atoms with van der Waals surface area (Å²) < 4.78 is 24.4. The number of nitrogens with one attached hydrogen (secondary N) is 1. The molecule has 0 fully saturated rings. The second-order valence-electron chi connectivity index (χ2n) is 2.31. The zero-order valence-electron chi connectivity index (χ0n) is 6.20. The van der Waals surface area contributed by atoms with Gasteiger partial charge < -0.3 is 4.98 Å². The van der Waals surface area contributed by atoms with Gasteiger partial charge in [0.25, 0.3) is 6.43 Å². The Labute approximate surface area is 72.2 Å². The average Bonchev–Trinajstić information content (AvgIpc) is 1.97. The minimum absolute atomic E-state index is 0.152. The Kier molecular flexibility index (Phi) is 2.47. The van der Waals surface area contributed by atoms with Crippen molar-refractivity contribution in [2.45, 2.75) is 13.3 Å². The molecule has 0 bridgehead atoms. The molecule has 5 heteroatoms. The molecule has 0 unspecified atom stereocenters. The summed E-state index contributed by atoms with van der Waals surface area (Å²) >= 11 is 5.35. The number of alkyl halides is 2. The van der Waals surface area contributed by atoms with E-state index in [2.05, 4.69) is 4.98 Å². The molecule has 0 aliphatic heterocycles. The van der Waals surface area contributed by atoms with Crippen LogP contribution in [0.4, 0.5) is 8.78 Å². The van der Waals surface area contributed by atoms with Crippen LogP contribution in [0.5, 0.6) is 0 Å². The fraction of sp³-hybridized carbons (Fsp3) is 0.286. The first kappa shape index (κ1) is 9.19. The van der Waals surface area contributed by atoms with Crippen LogP contribution in [0.2, 0.25) is 5.02 Å². The standard InChI is InChI=1S/C7H6ClF2NO/c1-3-5(7(9)10)6(12)4(8)2-11-3/h2,7H,1H3,(H,11,12). The summed E-state index contributed by atoms with van der Waals surface area (Å²) in [5, 5.41) is -0.212. The molecule has 1 aromatic heterocycles. The first-order valence-electron chi connectivity index (χ1n) is 3.20. The molecule has 12 heavy (non-hydrogen) atoms. The molecule has 0 aliphatic rings. The molecule has 1 rings (SSSR count). The molecular formula is C7H6ClF2NO. The lowest BCUT2D eigenvalue weighted by Crippen LogP contribution is -2.12. The summed E-state index contributed by atoms with van der Waals surface area (Å²) in [4.78, 5) is 13.5. The molecule has 2 nitrogen and oxygen atoms in total. The van der Waals surface area contributed by atoms with Crippen molar-refractivity contribution in [1.29, 1.82) is 0 Å². The number of halogens is 3. The molecule has 1 N–H and O–H groups in total. The van der Waals surface area contributed by atoms with Gasteiger partial charge in [-0.3, -0.25) is 4.79 Å². The predicted octanol–water partition coefficient (Wildman–Crippen LogP) is 2.27. The highest BCUT2D eigenvalue weighted by Gasteiger charge is 2.16. The third-order valence-electron chi connectivity index (χ3n) is 1.50. The fourth-order valence-electron chi connectivity index (χ4n) is 0.877. The van der Waals surface area contributed by atoms with Crippen LogP contribution in [0.15, 0.2) is 11.0 Å². The van der Waals surface area contributed by atoms with Gasteiger partial charge in [0.05, 0.1) is 5.56 Å². The van der Waals surface area contributed by atoms with Gasteiger partial charge in [-0.1, -0.05) is 11.6 Å². The van der Waals surface area contributed by atoms with Gasteiger partial charge in [-0.15, -0.1) is 0 Å². The van der Waals surface area contributed by atoms with Crippen molar-refractivity contribution in [2.24, 2.45) is 0 Å². The molecule has 0 spiro atoms. The number of hydrogen-bond donors (Lipinski definition) is 1. The molecule has 0 saturated heterocycles. The molecule has 66 valence electrons. The Bertz CT molecular complexity index is 348.